The number of rotatable bonds is 9. The van der Waals surface area contributed by atoms with Crippen LogP contribution in [0.3, 0.4) is 0 Å². The molecule has 222 valence electrons. The molecule has 0 radical (unpaired) electrons. The molecule has 3 heterocycles. The quantitative estimate of drug-likeness (QED) is 0.273. The average molecular weight is 578 g/mol. The first-order valence-corrected chi connectivity index (χ1v) is 14.6. The molecule has 1 saturated carbocycles. The number of nitrogens with one attached hydrogen (secondary N) is 1. The summed E-state index contributed by atoms with van der Waals surface area (Å²) < 4.78 is 35.3. The van der Waals surface area contributed by atoms with Gasteiger partial charge in [0.25, 0.3) is 6.43 Å². The van der Waals surface area contributed by atoms with Gasteiger partial charge in [-0.15, -0.1) is 0 Å². The van der Waals surface area contributed by atoms with Crippen molar-refractivity contribution in [1.82, 2.24) is 24.4 Å². The molecule has 4 aromatic rings. The van der Waals surface area contributed by atoms with E-state index in [1.165, 1.54) is 4.57 Å². The van der Waals surface area contributed by atoms with Crippen LogP contribution < -0.4 is 10.2 Å². The summed E-state index contributed by atoms with van der Waals surface area (Å²) in [6, 6.07) is 16.8. The van der Waals surface area contributed by atoms with Gasteiger partial charge in [-0.1, -0.05) is 30.3 Å². The number of hydrogen-bond acceptors (Lipinski definition) is 8. The zero-order valence-electron chi connectivity index (χ0n) is 23.8. The number of phenols is 1. The number of aromatic nitrogens is 4. The summed E-state index contributed by atoms with van der Waals surface area (Å²) in [7, 11) is 2.12. The van der Waals surface area contributed by atoms with Crippen molar-refractivity contribution in [2.45, 2.75) is 44.7 Å². The van der Waals surface area contributed by atoms with Gasteiger partial charge in [-0.2, -0.15) is 9.97 Å². The van der Waals surface area contributed by atoms with E-state index in [1.807, 2.05) is 24.3 Å². The number of morpholine rings is 1. The fourth-order valence-electron chi connectivity index (χ4n) is 6.07. The number of para-hydroxylation sites is 3. The van der Waals surface area contributed by atoms with E-state index >= 15 is 0 Å². The van der Waals surface area contributed by atoms with Gasteiger partial charge in [-0.05, 0) is 56.8 Å². The Bertz CT molecular complexity index is 1500. The van der Waals surface area contributed by atoms with E-state index in [-0.39, 0.29) is 5.82 Å². The van der Waals surface area contributed by atoms with Gasteiger partial charge in [0.05, 0.1) is 24.2 Å². The second kappa shape index (κ2) is 12.6. The first-order chi connectivity index (χ1) is 20.5. The topological polar surface area (TPSA) is 91.6 Å². The van der Waals surface area contributed by atoms with Gasteiger partial charge >= 0.3 is 0 Å². The van der Waals surface area contributed by atoms with Crippen molar-refractivity contribution in [3.05, 3.63) is 66.0 Å². The van der Waals surface area contributed by atoms with Crippen LogP contribution in [0.25, 0.3) is 16.9 Å². The Morgan fingerprint density at radius 2 is 1.69 bits per heavy atom. The molecule has 0 unspecified atom stereocenters. The fourth-order valence-corrected chi connectivity index (χ4v) is 6.07. The van der Waals surface area contributed by atoms with Gasteiger partial charge in [-0.3, -0.25) is 9.47 Å². The Balaban J connectivity index is 1.18. The second-order valence-electron chi connectivity index (χ2n) is 11.2. The first kappa shape index (κ1) is 28.3. The van der Waals surface area contributed by atoms with Crippen LogP contribution in [0.1, 0.15) is 43.5 Å². The minimum Gasteiger partial charge on any atom is -0.508 e. The molecule has 1 aliphatic carbocycles. The number of anilines is 2. The maximum atomic E-state index is 14.1. The van der Waals surface area contributed by atoms with Gasteiger partial charge in [-0.25, -0.2) is 13.8 Å². The number of aromatic hydroxyl groups is 1. The summed E-state index contributed by atoms with van der Waals surface area (Å²) in [5.74, 6) is 1.92. The Morgan fingerprint density at radius 1 is 0.976 bits per heavy atom. The highest BCUT2D eigenvalue weighted by atomic mass is 19.3. The van der Waals surface area contributed by atoms with Crippen LogP contribution in [0.15, 0.2) is 54.6 Å². The van der Waals surface area contributed by atoms with E-state index in [0.717, 1.165) is 37.8 Å². The summed E-state index contributed by atoms with van der Waals surface area (Å²) in [4.78, 5) is 18.2. The molecule has 0 amide bonds. The molecule has 0 spiro atoms. The number of ether oxygens (including phenoxy) is 1. The van der Waals surface area contributed by atoms with Crippen molar-refractivity contribution in [3.63, 3.8) is 0 Å². The lowest BCUT2D eigenvalue weighted by molar-refractivity contribution is 0.122. The standard InChI is InChI=1S/C31H37F2N7O2/c1-38(20-22-6-2-5-9-26(22)41)23-12-10-21(11-13-23)19-34-31-36-27(39-14-16-42-17-15-39)18-28(37-31)40-25-8-4-3-7-24(25)35-30(40)29(32)33/h2-9,18,21,23,29,41H,10-17,19-20H2,1H3,(H,34,36,37)/t21-,23-. The minimum atomic E-state index is -2.75. The molecule has 2 N–H and O–H groups in total. The molecule has 1 saturated heterocycles. The molecular weight excluding hydrogens is 540 g/mol. The summed E-state index contributed by atoms with van der Waals surface area (Å²) >= 11 is 0. The number of imidazole rings is 1. The number of alkyl halides is 2. The molecule has 11 heteroatoms. The number of hydrogen-bond donors (Lipinski definition) is 2. The van der Waals surface area contributed by atoms with Crippen LogP contribution in [0.5, 0.6) is 5.75 Å². The zero-order valence-corrected chi connectivity index (χ0v) is 23.8. The summed E-state index contributed by atoms with van der Waals surface area (Å²) in [5, 5.41) is 13.6. The van der Waals surface area contributed by atoms with E-state index < -0.39 is 6.43 Å². The van der Waals surface area contributed by atoms with Crippen LogP contribution >= 0.6 is 0 Å². The number of benzene rings is 2. The molecule has 0 bridgehead atoms. The number of halogens is 2. The highest BCUT2D eigenvalue weighted by Crippen LogP contribution is 2.31. The molecule has 0 atom stereocenters. The van der Waals surface area contributed by atoms with Gasteiger partial charge in [0, 0.05) is 43.9 Å². The minimum absolute atomic E-state index is 0.333. The maximum absolute atomic E-state index is 14.1. The predicted octanol–water partition coefficient (Wildman–Crippen LogP) is 5.40. The Hall–Kier alpha value is -3.83. The van der Waals surface area contributed by atoms with Crippen molar-refractivity contribution in [1.29, 1.82) is 0 Å². The van der Waals surface area contributed by atoms with Gasteiger partial charge < -0.3 is 20.1 Å². The van der Waals surface area contributed by atoms with E-state index in [4.69, 9.17) is 14.7 Å². The number of fused-ring (bicyclic) bond motifs is 1. The molecule has 2 aromatic carbocycles. The van der Waals surface area contributed by atoms with E-state index in [2.05, 4.69) is 27.1 Å². The lowest BCUT2D eigenvalue weighted by atomic mass is 9.85. The maximum Gasteiger partial charge on any atom is 0.296 e. The van der Waals surface area contributed by atoms with Crippen molar-refractivity contribution in [2.24, 2.45) is 5.92 Å². The lowest BCUT2D eigenvalue weighted by Crippen LogP contribution is -2.37. The molecule has 6 rings (SSSR count). The highest BCUT2D eigenvalue weighted by Gasteiger charge is 2.26. The van der Waals surface area contributed by atoms with Crippen LogP contribution in [-0.4, -0.2) is 75.5 Å². The molecule has 2 fully saturated rings. The first-order valence-electron chi connectivity index (χ1n) is 14.6. The van der Waals surface area contributed by atoms with Crippen LogP contribution in [-0.2, 0) is 11.3 Å². The Morgan fingerprint density at radius 3 is 2.45 bits per heavy atom. The molecule has 1 aliphatic heterocycles. The second-order valence-corrected chi connectivity index (χ2v) is 11.2. The van der Waals surface area contributed by atoms with Crippen LogP contribution in [0.2, 0.25) is 0 Å². The molecule has 42 heavy (non-hydrogen) atoms. The smallest absolute Gasteiger partial charge is 0.296 e. The van der Waals surface area contributed by atoms with Crippen molar-refractivity contribution >= 4 is 22.8 Å². The van der Waals surface area contributed by atoms with E-state index in [0.29, 0.717) is 79.2 Å². The molecule has 9 nitrogen and oxygen atoms in total. The van der Waals surface area contributed by atoms with E-state index in [1.54, 1.807) is 30.3 Å². The Labute approximate surface area is 244 Å². The third kappa shape index (κ3) is 6.17. The largest absolute Gasteiger partial charge is 0.508 e. The SMILES string of the molecule is CN(Cc1ccccc1O)[C@H]1CC[C@H](CNc2nc(N3CCOCC3)cc(-n3c(C(F)F)nc4ccccc43)n2)CC1. The predicted molar refractivity (Wildman–Crippen MR) is 158 cm³/mol. The monoisotopic (exact) mass is 577 g/mol. The Kier molecular flexibility index (Phi) is 8.48. The molecule has 2 aromatic heterocycles. The number of nitrogens with zero attached hydrogens (tertiary/aromatic N) is 6. The van der Waals surface area contributed by atoms with Crippen LogP contribution in [0.4, 0.5) is 20.5 Å². The van der Waals surface area contributed by atoms with Gasteiger partial charge in [0.1, 0.15) is 17.4 Å². The third-order valence-electron chi connectivity index (χ3n) is 8.45. The van der Waals surface area contributed by atoms with Crippen molar-refractivity contribution in [2.75, 3.05) is 50.1 Å². The zero-order chi connectivity index (χ0) is 29.1. The van der Waals surface area contributed by atoms with Crippen molar-refractivity contribution < 1.29 is 18.6 Å². The summed E-state index contributed by atoms with van der Waals surface area (Å²) in [6.45, 7) is 3.92. The lowest BCUT2D eigenvalue weighted by Gasteiger charge is -2.35. The third-order valence-corrected chi connectivity index (χ3v) is 8.45. The van der Waals surface area contributed by atoms with Gasteiger partial charge in [0.15, 0.2) is 5.82 Å². The fraction of sp³-hybridized carbons (Fsp3) is 0.452. The van der Waals surface area contributed by atoms with Gasteiger partial charge in [0.2, 0.25) is 5.95 Å². The average Bonchev–Trinajstić information content (AvgIpc) is 3.42. The normalized spacial score (nSPS) is 19.6. The molecular formula is C31H37F2N7O2. The highest BCUT2D eigenvalue weighted by molar-refractivity contribution is 5.78. The van der Waals surface area contributed by atoms with E-state index in [9.17, 15) is 13.9 Å². The van der Waals surface area contributed by atoms with Crippen LogP contribution in [0, 0.1) is 5.92 Å². The number of phenolic OH excluding ortho intramolecular Hbond substituents is 1. The summed E-state index contributed by atoms with van der Waals surface area (Å²) in [6.07, 6.45) is 1.49. The summed E-state index contributed by atoms with van der Waals surface area (Å²) in [5.41, 5.74) is 2.02. The molecule has 2 aliphatic rings. The van der Waals surface area contributed by atoms with Crippen molar-refractivity contribution in [3.8, 4) is 11.6 Å².